The average Bonchev–Trinajstić information content (AvgIpc) is 2.63. The third-order valence-electron chi connectivity index (χ3n) is 5.73. The van der Waals surface area contributed by atoms with E-state index in [1.54, 1.807) is 0 Å². The molecule has 1 heterocycles. The van der Waals surface area contributed by atoms with E-state index in [1.807, 2.05) is 30.3 Å². The quantitative estimate of drug-likeness (QED) is 0.749. The number of carbonyl (C=O) groups excluding carboxylic acids is 1. The van der Waals surface area contributed by atoms with Gasteiger partial charge >= 0.3 is 0 Å². The fraction of sp³-hybridized carbons (Fsp3) is 0.409. The number of hydrogen-bond acceptors (Lipinski definition) is 2. The van der Waals surface area contributed by atoms with E-state index in [4.69, 9.17) is 0 Å². The Morgan fingerprint density at radius 2 is 1.46 bits per heavy atom. The molecule has 2 aromatic carbocycles. The third-order valence-corrected chi connectivity index (χ3v) is 5.73. The molecule has 1 saturated heterocycles. The number of benzene rings is 2. The van der Waals surface area contributed by atoms with Crippen LogP contribution in [0.1, 0.15) is 54.1 Å². The first kappa shape index (κ1) is 15.6. The molecule has 2 nitrogen and oxygen atoms in total. The lowest BCUT2D eigenvalue weighted by atomic mass is 9.76. The summed E-state index contributed by atoms with van der Waals surface area (Å²) in [5, 5.41) is 0. The SMILES string of the molecule is O=C(c1ccccc1)[C@@H]1CN(C2CCCCC2)[C@@H]1c1ccccc1. The van der Waals surface area contributed by atoms with Crippen LogP contribution in [-0.4, -0.2) is 23.3 Å². The zero-order valence-electron chi connectivity index (χ0n) is 14.1. The van der Waals surface area contributed by atoms with Crippen LogP contribution in [0.15, 0.2) is 60.7 Å². The Bertz CT molecular complexity index is 676. The molecule has 124 valence electrons. The molecule has 0 N–H and O–H groups in total. The van der Waals surface area contributed by atoms with Crippen molar-refractivity contribution >= 4 is 5.78 Å². The average molecular weight is 319 g/mol. The lowest BCUT2D eigenvalue weighted by Gasteiger charge is -2.52. The smallest absolute Gasteiger partial charge is 0.169 e. The molecule has 0 aromatic heterocycles. The van der Waals surface area contributed by atoms with E-state index in [-0.39, 0.29) is 12.0 Å². The summed E-state index contributed by atoms with van der Waals surface area (Å²) in [6.45, 7) is 0.915. The van der Waals surface area contributed by atoms with Gasteiger partial charge in [-0.3, -0.25) is 9.69 Å². The van der Waals surface area contributed by atoms with Crippen LogP contribution in [0, 0.1) is 5.92 Å². The number of nitrogens with zero attached hydrogens (tertiary/aromatic N) is 1. The van der Waals surface area contributed by atoms with E-state index < -0.39 is 0 Å². The molecule has 0 spiro atoms. The van der Waals surface area contributed by atoms with Crippen LogP contribution in [0.25, 0.3) is 0 Å². The van der Waals surface area contributed by atoms with Crippen LogP contribution in [0.4, 0.5) is 0 Å². The maximum Gasteiger partial charge on any atom is 0.169 e. The summed E-state index contributed by atoms with van der Waals surface area (Å²) in [5.41, 5.74) is 2.15. The van der Waals surface area contributed by atoms with Crippen LogP contribution in [0.2, 0.25) is 0 Å². The Balaban J connectivity index is 1.59. The molecular weight excluding hydrogens is 294 g/mol. The Morgan fingerprint density at radius 3 is 2.12 bits per heavy atom. The first-order valence-electron chi connectivity index (χ1n) is 9.24. The van der Waals surface area contributed by atoms with Crippen LogP contribution in [-0.2, 0) is 0 Å². The van der Waals surface area contributed by atoms with Gasteiger partial charge in [-0.2, -0.15) is 0 Å². The standard InChI is InChI=1S/C22H25NO/c24-22(18-12-6-2-7-13-18)20-16-23(19-14-8-3-9-15-19)21(20)17-10-4-1-5-11-17/h1-2,4-7,10-13,19-21H,3,8-9,14-16H2/t20-,21-/m1/s1. The lowest BCUT2D eigenvalue weighted by molar-refractivity contribution is -0.0251. The predicted octanol–water partition coefficient (Wildman–Crippen LogP) is 4.88. The largest absolute Gasteiger partial charge is 0.294 e. The van der Waals surface area contributed by atoms with Crippen LogP contribution < -0.4 is 0 Å². The summed E-state index contributed by atoms with van der Waals surface area (Å²) in [5.74, 6) is 0.397. The molecular formula is C22H25NO. The minimum Gasteiger partial charge on any atom is -0.294 e. The van der Waals surface area contributed by atoms with Gasteiger partial charge in [-0.05, 0) is 18.4 Å². The molecule has 24 heavy (non-hydrogen) atoms. The van der Waals surface area contributed by atoms with Crippen molar-refractivity contribution in [1.82, 2.24) is 4.90 Å². The molecule has 1 aliphatic heterocycles. The monoisotopic (exact) mass is 319 g/mol. The molecule has 2 aromatic rings. The molecule has 4 rings (SSSR count). The normalized spacial score (nSPS) is 25.2. The van der Waals surface area contributed by atoms with Crippen molar-refractivity contribution in [1.29, 1.82) is 0 Å². The Hall–Kier alpha value is -1.93. The van der Waals surface area contributed by atoms with Crippen LogP contribution in [0.5, 0.6) is 0 Å². The van der Waals surface area contributed by atoms with Crippen molar-refractivity contribution in [2.24, 2.45) is 5.92 Å². The first-order chi connectivity index (χ1) is 11.8. The van der Waals surface area contributed by atoms with E-state index in [0.29, 0.717) is 11.8 Å². The minimum absolute atomic E-state index is 0.0942. The molecule has 2 aliphatic rings. The molecule has 2 atom stereocenters. The van der Waals surface area contributed by atoms with Gasteiger partial charge in [-0.1, -0.05) is 79.9 Å². The van der Waals surface area contributed by atoms with E-state index in [1.165, 1.54) is 37.7 Å². The van der Waals surface area contributed by atoms with Gasteiger partial charge in [0.2, 0.25) is 0 Å². The topological polar surface area (TPSA) is 20.3 Å². The van der Waals surface area contributed by atoms with Crippen molar-refractivity contribution in [3.05, 3.63) is 71.8 Å². The van der Waals surface area contributed by atoms with Gasteiger partial charge in [-0.25, -0.2) is 0 Å². The van der Waals surface area contributed by atoms with E-state index >= 15 is 0 Å². The number of ketones is 1. The highest BCUT2D eigenvalue weighted by atomic mass is 16.1. The van der Waals surface area contributed by atoms with Crippen molar-refractivity contribution in [2.75, 3.05) is 6.54 Å². The number of rotatable bonds is 4. The Morgan fingerprint density at radius 1 is 0.833 bits per heavy atom. The molecule has 0 radical (unpaired) electrons. The number of hydrogen-bond donors (Lipinski definition) is 0. The van der Waals surface area contributed by atoms with E-state index in [0.717, 1.165) is 12.1 Å². The molecule has 0 unspecified atom stereocenters. The number of Topliss-reactive ketones (excluding diaryl/α,β-unsaturated/α-hetero) is 1. The second-order valence-electron chi connectivity index (χ2n) is 7.18. The number of carbonyl (C=O) groups is 1. The van der Waals surface area contributed by atoms with Crippen molar-refractivity contribution < 1.29 is 4.79 Å². The fourth-order valence-electron chi connectivity index (χ4n) is 4.44. The number of likely N-dealkylation sites (tertiary alicyclic amines) is 1. The maximum absolute atomic E-state index is 13.0. The van der Waals surface area contributed by atoms with Crippen LogP contribution in [0.3, 0.4) is 0 Å². The lowest BCUT2D eigenvalue weighted by Crippen LogP contribution is -2.57. The van der Waals surface area contributed by atoms with E-state index in [2.05, 4.69) is 35.2 Å². The molecule has 1 saturated carbocycles. The fourth-order valence-corrected chi connectivity index (χ4v) is 4.44. The van der Waals surface area contributed by atoms with Gasteiger partial charge in [0.05, 0.1) is 5.92 Å². The van der Waals surface area contributed by atoms with Gasteiger partial charge in [-0.15, -0.1) is 0 Å². The summed E-state index contributed by atoms with van der Waals surface area (Å²) in [4.78, 5) is 15.6. The second kappa shape index (κ2) is 6.90. The molecule has 0 bridgehead atoms. The van der Waals surface area contributed by atoms with Gasteiger partial charge < -0.3 is 0 Å². The van der Waals surface area contributed by atoms with Gasteiger partial charge in [0.25, 0.3) is 0 Å². The zero-order chi connectivity index (χ0) is 16.4. The highest BCUT2D eigenvalue weighted by Crippen LogP contribution is 2.44. The summed E-state index contributed by atoms with van der Waals surface area (Å²) in [6, 6.07) is 21.3. The second-order valence-corrected chi connectivity index (χ2v) is 7.18. The Kier molecular flexibility index (Phi) is 4.48. The van der Waals surface area contributed by atoms with Crippen molar-refractivity contribution in [2.45, 2.75) is 44.2 Å². The highest BCUT2D eigenvalue weighted by Gasteiger charge is 2.47. The van der Waals surface area contributed by atoms with Crippen LogP contribution >= 0.6 is 0 Å². The van der Waals surface area contributed by atoms with Crippen molar-refractivity contribution in [3.63, 3.8) is 0 Å². The van der Waals surface area contributed by atoms with Crippen molar-refractivity contribution in [3.8, 4) is 0 Å². The zero-order valence-corrected chi connectivity index (χ0v) is 14.1. The first-order valence-corrected chi connectivity index (χ1v) is 9.24. The van der Waals surface area contributed by atoms with Gasteiger partial charge in [0.1, 0.15) is 0 Å². The summed E-state index contributed by atoms with van der Waals surface area (Å²) >= 11 is 0. The van der Waals surface area contributed by atoms with E-state index in [9.17, 15) is 4.79 Å². The van der Waals surface area contributed by atoms with Gasteiger partial charge in [0.15, 0.2) is 5.78 Å². The molecule has 1 aliphatic carbocycles. The minimum atomic E-state index is 0.0942. The highest BCUT2D eigenvalue weighted by molar-refractivity contribution is 5.99. The summed E-state index contributed by atoms with van der Waals surface area (Å²) in [6.07, 6.45) is 6.61. The summed E-state index contributed by atoms with van der Waals surface area (Å²) < 4.78 is 0. The maximum atomic E-state index is 13.0. The Labute approximate surface area is 144 Å². The molecule has 2 heteroatoms. The van der Waals surface area contributed by atoms with Gasteiger partial charge in [0, 0.05) is 24.2 Å². The summed E-state index contributed by atoms with van der Waals surface area (Å²) in [7, 11) is 0. The predicted molar refractivity (Wildman–Crippen MR) is 97.0 cm³/mol. The molecule has 0 amide bonds. The molecule has 2 fully saturated rings. The third kappa shape index (κ3) is 2.91.